The third-order valence-electron chi connectivity index (χ3n) is 5.68. The van der Waals surface area contributed by atoms with Crippen LogP contribution >= 0.6 is 0 Å². The Morgan fingerprint density at radius 3 is 2.42 bits per heavy atom. The average molecular weight is 424 g/mol. The molecule has 0 aromatic heterocycles. The first-order valence-electron chi connectivity index (χ1n) is 10.6. The maximum Gasteiger partial charge on any atom is 0.313 e. The SMILES string of the molecule is CC(C)(C)c1ccccc1NC(=O)C(=O)N1CCN(Cc2ccc3c(c2)OCO3)CC1. The van der Waals surface area contributed by atoms with Gasteiger partial charge in [-0.1, -0.05) is 45.0 Å². The first kappa shape index (κ1) is 21.2. The molecule has 0 aliphatic carbocycles. The molecule has 2 aromatic carbocycles. The smallest absolute Gasteiger partial charge is 0.313 e. The predicted molar refractivity (Wildman–Crippen MR) is 118 cm³/mol. The number of carbonyl (C=O) groups excluding carboxylic acids is 2. The van der Waals surface area contributed by atoms with E-state index in [9.17, 15) is 9.59 Å². The monoisotopic (exact) mass is 423 g/mol. The van der Waals surface area contributed by atoms with Gasteiger partial charge in [-0.05, 0) is 34.7 Å². The number of piperazine rings is 1. The maximum absolute atomic E-state index is 12.7. The van der Waals surface area contributed by atoms with Crippen LogP contribution in [0.2, 0.25) is 0 Å². The summed E-state index contributed by atoms with van der Waals surface area (Å²) >= 11 is 0. The molecule has 0 spiro atoms. The Bertz CT molecular complexity index is 975. The lowest BCUT2D eigenvalue weighted by atomic mass is 9.86. The molecule has 2 amide bonds. The minimum absolute atomic E-state index is 0.132. The van der Waals surface area contributed by atoms with Gasteiger partial charge in [-0.25, -0.2) is 0 Å². The van der Waals surface area contributed by atoms with E-state index >= 15 is 0 Å². The molecule has 31 heavy (non-hydrogen) atoms. The molecule has 2 aliphatic rings. The van der Waals surface area contributed by atoms with Gasteiger partial charge in [0.1, 0.15) is 0 Å². The molecule has 0 radical (unpaired) electrons. The fourth-order valence-electron chi connectivity index (χ4n) is 3.97. The van der Waals surface area contributed by atoms with E-state index < -0.39 is 11.8 Å². The summed E-state index contributed by atoms with van der Waals surface area (Å²) in [6.45, 7) is 9.76. The summed E-state index contributed by atoms with van der Waals surface area (Å²) in [7, 11) is 0. The number of amides is 2. The molecule has 0 atom stereocenters. The number of hydrogen-bond acceptors (Lipinski definition) is 5. The summed E-state index contributed by atoms with van der Waals surface area (Å²) in [5, 5.41) is 2.82. The van der Waals surface area contributed by atoms with Crippen LogP contribution in [0.15, 0.2) is 42.5 Å². The third-order valence-corrected chi connectivity index (χ3v) is 5.68. The van der Waals surface area contributed by atoms with Crippen molar-refractivity contribution in [2.75, 3.05) is 38.3 Å². The highest BCUT2D eigenvalue weighted by Gasteiger charge is 2.27. The van der Waals surface area contributed by atoms with Crippen molar-refractivity contribution >= 4 is 17.5 Å². The standard InChI is InChI=1S/C24H29N3O4/c1-24(2,3)18-6-4-5-7-19(18)25-22(28)23(29)27-12-10-26(11-13-27)15-17-8-9-20-21(14-17)31-16-30-20/h4-9,14H,10-13,15-16H2,1-3H3,(H,25,28). The van der Waals surface area contributed by atoms with Crippen molar-refractivity contribution in [3.63, 3.8) is 0 Å². The summed E-state index contributed by atoms with van der Waals surface area (Å²) in [5.41, 5.74) is 2.70. The Hall–Kier alpha value is -3.06. The zero-order valence-electron chi connectivity index (χ0n) is 18.3. The van der Waals surface area contributed by atoms with Crippen LogP contribution < -0.4 is 14.8 Å². The molecule has 0 unspecified atom stereocenters. The van der Waals surface area contributed by atoms with E-state index in [1.165, 1.54) is 0 Å². The van der Waals surface area contributed by atoms with Crippen LogP contribution in [-0.4, -0.2) is 54.6 Å². The minimum Gasteiger partial charge on any atom is -0.454 e. The Kier molecular flexibility index (Phi) is 5.87. The van der Waals surface area contributed by atoms with Crippen molar-refractivity contribution in [3.8, 4) is 11.5 Å². The Morgan fingerprint density at radius 1 is 0.968 bits per heavy atom. The van der Waals surface area contributed by atoms with E-state index in [1.54, 1.807) is 4.90 Å². The van der Waals surface area contributed by atoms with E-state index in [2.05, 4.69) is 31.0 Å². The number of ether oxygens (including phenoxy) is 2. The zero-order chi connectivity index (χ0) is 22.0. The topological polar surface area (TPSA) is 71.1 Å². The molecule has 7 heteroatoms. The van der Waals surface area contributed by atoms with Gasteiger partial charge < -0.3 is 19.7 Å². The van der Waals surface area contributed by atoms with E-state index in [-0.39, 0.29) is 12.2 Å². The van der Waals surface area contributed by atoms with Crippen molar-refractivity contribution in [3.05, 3.63) is 53.6 Å². The Balaban J connectivity index is 1.32. The fraction of sp³-hybridized carbons (Fsp3) is 0.417. The predicted octanol–water partition coefficient (Wildman–Crippen LogP) is 3.00. The first-order valence-corrected chi connectivity index (χ1v) is 10.6. The van der Waals surface area contributed by atoms with Gasteiger partial charge in [-0.2, -0.15) is 0 Å². The molecule has 1 fully saturated rings. The van der Waals surface area contributed by atoms with Crippen LogP contribution in [0.25, 0.3) is 0 Å². The average Bonchev–Trinajstić information content (AvgIpc) is 3.21. The number of para-hydroxylation sites is 1. The van der Waals surface area contributed by atoms with Crippen molar-refractivity contribution < 1.29 is 19.1 Å². The lowest BCUT2D eigenvalue weighted by Crippen LogP contribution is -2.51. The van der Waals surface area contributed by atoms with Crippen LogP contribution in [0.4, 0.5) is 5.69 Å². The quantitative estimate of drug-likeness (QED) is 0.769. The Labute approximate surface area is 182 Å². The summed E-state index contributed by atoms with van der Waals surface area (Å²) in [6.07, 6.45) is 0. The second kappa shape index (κ2) is 8.59. The molecule has 1 saturated heterocycles. The van der Waals surface area contributed by atoms with Gasteiger partial charge >= 0.3 is 11.8 Å². The molecular formula is C24H29N3O4. The number of benzene rings is 2. The summed E-state index contributed by atoms with van der Waals surface area (Å²) < 4.78 is 10.8. The second-order valence-corrected chi connectivity index (χ2v) is 9.01. The molecule has 2 heterocycles. The highest BCUT2D eigenvalue weighted by atomic mass is 16.7. The molecule has 4 rings (SSSR count). The summed E-state index contributed by atoms with van der Waals surface area (Å²) in [5.74, 6) is 0.490. The molecule has 2 aromatic rings. The largest absolute Gasteiger partial charge is 0.454 e. The van der Waals surface area contributed by atoms with Gasteiger partial charge in [0, 0.05) is 38.4 Å². The van der Waals surface area contributed by atoms with Crippen molar-refractivity contribution in [1.82, 2.24) is 9.80 Å². The van der Waals surface area contributed by atoms with E-state index in [4.69, 9.17) is 9.47 Å². The van der Waals surface area contributed by atoms with Crippen LogP contribution in [0.1, 0.15) is 31.9 Å². The Morgan fingerprint density at radius 2 is 1.68 bits per heavy atom. The van der Waals surface area contributed by atoms with Crippen LogP contribution in [-0.2, 0) is 21.5 Å². The summed E-state index contributed by atoms with van der Waals surface area (Å²) in [6, 6.07) is 13.6. The molecule has 0 bridgehead atoms. The minimum atomic E-state index is -0.582. The fourth-order valence-corrected chi connectivity index (χ4v) is 3.97. The number of carbonyl (C=O) groups is 2. The third kappa shape index (κ3) is 4.82. The first-order chi connectivity index (χ1) is 14.8. The van der Waals surface area contributed by atoms with Crippen molar-refractivity contribution in [2.24, 2.45) is 0 Å². The van der Waals surface area contributed by atoms with Gasteiger partial charge in [-0.3, -0.25) is 14.5 Å². The normalized spacial score (nSPS) is 16.3. The molecular weight excluding hydrogens is 394 g/mol. The van der Waals surface area contributed by atoms with E-state index in [1.807, 2.05) is 42.5 Å². The second-order valence-electron chi connectivity index (χ2n) is 9.01. The van der Waals surface area contributed by atoms with Gasteiger partial charge in [0.05, 0.1) is 0 Å². The van der Waals surface area contributed by atoms with Gasteiger partial charge in [0.15, 0.2) is 11.5 Å². The molecule has 7 nitrogen and oxygen atoms in total. The number of nitrogens with zero attached hydrogens (tertiary/aromatic N) is 2. The van der Waals surface area contributed by atoms with E-state index in [0.29, 0.717) is 31.9 Å². The van der Waals surface area contributed by atoms with Crippen molar-refractivity contribution in [2.45, 2.75) is 32.7 Å². The number of rotatable bonds is 3. The zero-order valence-corrected chi connectivity index (χ0v) is 18.3. The summed E-state index contributed by atoms with van der Waals surface area (Å²) in [4.78, 5) is 29.3. The van der Waals surface area contributed by atoms with E-state index in [0.717, 1.165) is 29.2 Å². The number of anilines is 1. The van der Waals surface area contributed by atoms with Gasteiger partial charge in [0.2, 0.25) is 6.79 Å². The lowest BCUT2D eigenvalue weighted by Gasteiger charge is -2.34. The van der Waals surface area contributed by atoms with Crippen LogP contribution in [0.3, 0.4) is 0 Å². The number of fused-ring (bicyclic) bond motifs is 1. The maximum atomic E-state index is 12.7. The van der Waals surface area contributed by atoms with Gasteiger partial charge in [-0.15, -0.1) is 0 Å². The molecule has 2 aliphatic heterocycles. The number of hydrogen-bond donors (Lipinski definition) is 1. The highest BCUT2D eigenvalue weighted by Crippen LogP contribution is 2.33. The van der Waals surface area contributed by atoms with Crippen molar-refractivity contribution in [1.29, 1.82) is 0 Å². The van der Waals surface area contributed by atoms with Crippen LogP contribution in [0, 0.1) is 0 Å². The van der Waals surface area contributed by atoms with Gasteiger partial charge in [0.25, 0.3) is 0 Å². The number of nitrogens with one attached hydrogen (secondary N) is 1. The lowest BCUT2D eigenvalue weighted by molar-refractivity contribution is -0.144. The molecule has 164 valence electrons. The molecule has 0 saturated carbocycles. The highest BCUT2D eigenvalue weighted by molar-refractivity contribution is 6.39. The molecule has 1 N–H and O–H groups in total. The van der Waals surface area contributed by atoms with Crippen LogP contribution in [0.5, 0.6) is 11.5 Å².